The number of rotatable bonds is 5. The fourth-order valence-corrected chi connectivity index (χ4v) is 1.45. The first-order chi connectivity index (χ1) is 8.36. The first-order valence-electron chi connectivity index (χ1n) is 5.56. The molecule has 2 nitrogen and oxygen atoms in total. The Hall–Kier alpha value is -1.14. The molecule has 0 aliphatic carbocycles. The van der Waals surface area contributed by atoms with Gasteiger partial charge in [-0.25, -0.2) is 4.39 Å². The highest BCUT2D eigenvalue weighted by atomic mass is 19.4. The van der Waals surface area contributed by atoms with Crippen molar-refractivity contribution >= 4 is 0 Å². The van der Waals surface area contributed by atoms with E-state index in [1.54, 1.807) is 0 Å². The van der Waals surface area contributed by atoms with Crippen LogP contribution >= 0.6 is 0 Å². The molecular formula is C12H15F4NO. The number of benzene rings is 1. The molecule has 6 heteroatoms. The van der Waals surface area contributed by atoms with Crippen molar-refractivity contribution in [2.75, 3.05) is 13.2 Å². The summed E-state index contributed by atoms with van der Waals surface area (Å²) >= 11 is 0. The molecular weight excluding hydrogens is 250 g/mol. The largest absolute Gasteiger partial charge is 0.416 e. The molecule has 0 radical (unpaired) electrons. The van der Waals surface area contributed by atoms with Crippen LogP contribution in [0.15, 0.2) is 18.2 Å². The SMILES string of the molecule is CCCOCC(N)c1cc(C(F)(F)F)ccc1F. The van der Waals surface area contributed by atoms with Crippen LogP contribution in [0.25, 0.3) is 0 Å². The highest BCUT2D eigenvalue weighted by Crippen LogP contribution is 2.31. The van der Waals surface area contributed by atoms with E-state index in [0.29, 0.717) is 12.7 Å². The number of hydrogen-bond donors (Lipinski definition) is 1. The van der Waals surface area contributed by atoms with E-state index in [2.05, 4.69) is 0 Å². The number of nitrogens with two attached hydrogens (primary N) is 1. The first kappa shape index (κ1) is 14.9. The zero-order valence-electron chi connectivity index (χ0n) is 9.93. The Morgan fingerprint density at radius 2 is 2.00 bits per heavy atom. The summed E-state index contributed by atoms with van der Waals surface area (Å²) in [6, 6.07) is 1.30. The third kappa shape index (κ3) is 3.96. The van der Waals surface area contributed by atoms with Crippen LogP contribution in [-0.2, 0) is 10.9 Å². The van der Waals surface area contributed by atoms with E-state index in [9.17, 15) is 17.6 Å². The van der Waals surface area contributed by atoms with Gasteiger partial charge in [0.2, 0.25) is 0 Å². The zero-order chi connectivity index (χ0) is 13.8. The van der Waals surface area contributed by atoms with Gasteiger partial charge in [0.15, 0.2) is 0 Å². The Kier molecular flexibility index (Phi) is 5.10. The number of ether oxygens (including phenoxy) is 1. The normalized spacial score (nSPS) is 13.7. The molecule has 0 saturated carbocycles. The molecule has 102 valence electrons. The van der Waals surface area contributed by atoms with Gasteiger partial charge in [0.05, 0.1) is 18.2 Å². The molecule has 0 saturated heterocycles. The number of hydrogen-bond acceptors (Lipinski definition) is 2. The molecule has 0 amide bonds. The molecule has 0 aromatic heterocycles. The third-order valence-corrected chi connectivity index (χ3v) is 2.37. The minimum Gasteiger partial charge on any atom is -0.379 e. The molecule has 18 heavy (non-hydrogen) atoms. The van der Waals surface area contributed by atoms with Gasteiger partial charge in [-0.05, 0) is 24.6 Å². The number of alkyl halides is 3. The third-order valence-electron chi connectivity index (χ3n) is 2.37. The van der Waals surface area contributed by atoms with E-state index in [1.807, 2.05) is 6.92 Å². The summed E-state index contributed by atoms with van der Waals surface area (Å²) in [6.45, 7) is 2.32. The Labute approximate surface area is 103 Å². The summed E-state index contributed by atoms with van der Waals surface area (Å²) < 4.78 is 55.9. The second-order valence-corrected chi connectivity index (χ2v) is 3.92. The molecule has 1 rings (SSSR count). The number of halogens is 4. The lowest BCUT2D eigenvalue weighted by molar-refractivity contribution is -0.137. The summed E-state index contributed by atoms with van der Waals surface area (Å²) in [7, 11) is 0. The van der Waals surface area contributed by atoms with Gasteiger partial charge in [0.1, 0.15) is 5.82 Å². The van der Waals surface area contributed by atoms with Gasteiger partial charge in [-0.3, -0.25) is 0 Å². The molecule has 2 N–H and O–H groups in total. The summed E-state index contributed by atoms with van der Waals surface area (Å²) in [5, 5.41) is 0. The van der Waals surface area contributed by atoms with Gasteiger partial charge in [0.25, 0.3) is 0 Å². The summed E-state index contributed by atoms with van der Waals surface area (Å²) in [4.78, 5) is 0. The van der Waals surface area contributed by atoms with Crippen molar-refractivity contribution < 1.29 is 22.3 Å². The standard InChI is InChI=1S/C12H15F4NO/c1-2-5-18-7-11(17)9-6-8(12(14,15)16)3-4-10(9)13/h3-4,6,11H,2,5,7,17H2,1H3. The fraction of sp³-hybridized carbons (Fsp3) is 0.500. The topological polar surface area (TPSA) is 35.2 Å². The van der Waals surface area contributed by atoms with E-state index < -0.39 is 23.6 Å². The second-order valence-electron chi connectivity index (χ2n) is 3.92. The maximum Gasteiger partial charge on any atom is 0.416 e. The van der Waals surface area contributed by atoms with Crippen LogP contribution in [-0.4, -0.2) is 13.2 Å². The lowest BCUT2D eigenvalue weighted by atomic mass is 10.0. The predicted molar refractivity (Wildman–Crippen MR) is 59.4 cm³/mol. The summed E-state index contributed by atoms with van der Waals surface area (Å²) in [6.07, 6.45) is -3.75. The van der Waals surface area contributed by atoms with Gasteiger partial charge in [0, 0.05) is 12.2 Å². The van der Waals surface area contributed by atoms with E-state index >= 15 is 0 Å². The van der Waals surface area contributed by atoms with E-state index in [4.69, 9.17) is 10.5 Å². The lowest BCUT2D eigenvalue weighted by Crippen LogP contribution is -2.20. The predicted octanol–water partition coefficient (Wildman–Crippen LogP) is 3.27. The molecule has 0 aliphatic heterocycles. The van der Waals surface area contributed by atoms with Crippen LogP contribution in [0.2, 0.25) is 0 Å². The van der Waals surface area contributed by atoms with Crippen molar-refractivity contribution in [1.29, 1.82) is 0 Å². The van der Waals surface area contributed by atoms with Crippen molar-refractivity contribution in [3.05, 3.63) is 35.1 Å². The maximum atomic E-state index is 13.4. The molecule has 0 fully saturated rings. The van der Waals surface area contributed by atoms with Crippen molar-refractivity contribution in [3.63, 3.8) is 0 Å². The van der Waals surface area contributed by atoms with E-state index in [-0.39, 0.29) is 12.2 Å². The van der Waals surface area contributed by atoms with Gasteiger partial charge < -0.3 is 10.5 Å². The molecule has 0 spiro atoms. The minimum atomic E-state index is -4.51. The van der Waals surface area contributed by atoms with Gasteiger partial charge >= 0.3 is 6.18 Å². The summed E-state index contributed by atoms with van der Waals surface area (Å²) in [5.41, 5.74) is 4.52. The average molecular weight is 265 g/mol. The minimum absolute atomic E-state index is 0.00787. The smallest absolute Gasteiger partial charge is 0.379 e. The van der Waals surface area contributed by atoms with Crippen molar-refractivity contribution in [2.24, 2.45) is 5.73 Å². The quantitative estimate of drug-likeness (QED) is 0.655. The molecule has 1 unspecified atom stereocenters. The highest BCUT2D eigenvalue weighted by molar-refractivity contribution is 5.29. The fourth-order valence-electron chi connectivity index (χ4n) is 1.45. The molecule has 1 aromatic rings. The molecule has 1 atom stereocenters. The average Bonchev–Trinajstić information content (AvgIpc) is 2.28. The Morgan fingerprint density at radius 1 is 1.33 bits per heavy atom. The Morgan fingerprint density at radius 3 is 2.56 bits per heavy atom. The Bertz CT molecular complexity index is 392. The Balaban J connectivity index is 2.86. The zero-order valence-corrected chi connectivity index (χ0v) is 9.93. The van der Waals surface area contributed by atoms with E-state index in [1.165, 1.54) is 0 Å². The molecule has 0 bridgehead atoms. The molecule has 1 aromatic carbocycles. The van der Waals surface area contributed by atoms with Crippen LogP contribution in [0, 0.1) is 5.82 Å². The van der Waals surface area contributed by atoms with Crippen molar-refractivity contribution in [1.82, 2.24) is 0 Å². The summed E-state index contributed by atoms with van der Waals surface area (Å²) in [5.74, 6) is -0.754. The molecule has 0 heterocycles. The monoisotopic (exact) mass is 265 g/mol. The van der Waals surface area contributed by atoms with Gasteiger partial charge in [-0.1, -0.05) is 6.92 Å². The van der Waals surface area contributed by atoms with Crippen LogP contribution < -0.4 is 5.73 Å². The molecule has 0 aliphatic rings. The maximum absolute atomic E-state index is 13.4. The van der Waals surface area contributed by atoms with Gasteiger partial charge in [-0.15, -0.1) is 0 Å². The second kappa shape index (κ2) is 6.15. The highest BCUT2D eigenvalue weighted by Gasteiger charge is 2.31. The van der Waals surface area contributed by atoms with Crippen molar-refractivity contribution in [2.45, 2.75) is 25.6 Å². The first-order valence-corrected chi connectivity index (χ1v) is 5.56. The van der Waals surface area contributed by atoms with Crippen LogP contribution in [0.1, 0.15) is 30.5 Å². The van der Waals surface area contributed by atoms with Crippen LogP contribution in [0.3, 0.4) is 0 Å². The van der Waals surface area contributed by atoms with Crippen molar-refractivity contribution in [3.8, 4) is 0 Å². The lowest BCUT2D eigenvalue weighted by Gasteiger charge is -2.15. The van der Waals surface area contributed by atoms with Gasteiger partial charge in [-0.2, -0.15) is 13.2 Å². The van der Waals surface area contributed by atoms with E-state index in [0.717, 1.165) is 18.6 Å². The van der Waals surface area contributed by atoms with Crippen LogP contribution in [0.4, 0.5) is 17.6 Å². The van der Waals surface area contributed by atoms with Crippen LogP contribution in [0.5, 0.6) is 0 Å².